The molecule has 0 atom stereocenters. The Hall–Kier alpha value is -2.22. The van der Waals surface area contributed by atoms with Crippen LogP contribution in [0.3, 0.4) is 0 Å². The summed E-state index contributed by atoms with van der Waals surface area (Å²) in [6, 6.07) is 17.6. The summed E-state index contributed by atoms with van der Waals surface area (Å²) in [4.78, 5) is 17.6. The van der Waals surface area contributed by atoms with Crippen LogP contribution in [0.25, 0.3) is 0 Å². The van der Waals surface area contributed by atoms with Gasteiger partial charge in [-0.2, -0.15) is 4.31 Å². The zero-order valence-electron chi connectivity index (χ0n) is 19.4. The van der Waals surface area contributed by atoms with Crippen molar-refractivity contribution in [3.63, 3.8) is 0 Å². The van der Waals surface area contributed by atoms with E-state index in [1.165, 1.54) is 5.56 Å². The second-order valence-electron chi connectivity index (χ2n) is 9.10. The zero-order chi connectivity index (χ0) is 23.1. The summed E-state index contributed by atoms with van der Waals surface area (Å²) in [5, 5.41) is 0. The van der Waals surface area contributed by atoms with Crippen LogP contribution < -0.4 is 0 Å². The molecule has 2 aromatic rings. The van der Waals surface area contributed by atoms with Gasteiger partial charge < -0.3 is 4.90 Å². The molecule has 2 heterocycles. The van der Waals surface area contributed by atoms with Crippen molar-refractivity contribution >= 4 is 15.9 Å². The predicted molar refractivity (Wildman–Crippen MR) is 130 cm³/mol. The van der Waals surface area contributed by atoms with Crippen molar-refractivity contribution in [3.8, 4) is 0 Å². The molecule has 6 nitrogen and oxygen atoms in total. The fourth-order valence-corrected chi connectivity index (χ4v) is 6.23. The van der Waals surface area contributed by atoms with Crippen molar-refractivity contribution in [1.29, 1.82) is 0 Å². The first-order valence-corrected chi connectivity index (χ1v) is 13.6. The Bertz CT molecular complexity index is 1000. The Kier molecular flexibility index (Phi) is 8.17. The summed E-state index contributed by atoms with van der Waals surface area (Å²) in [6.07, 6.45) is 5.03. The van der Waals surface area contributed by atoms with E-state index in [9.17, 15) is 13.2 Å². The van der Waals surface area contributed by atoms with Crippen LogP contribution in [0.2, 0.25) is 0 Å². The van der Waals surface area contributed by atoms with Crippen LogP contribution >= 0.6 is 0 Å². The van der Waals surface area contributed by atoms with Gasteiger partial charge in [-0.1, -0.05) is 48.9 Å². The van der Waals surface area contributed by atoms with Gasteiger partial charge in [0.2, 0.25) is 15.9 Å². The van der Waals surface area contributed by atoms with E-state index in [4.69, 9.17) is 0 Å². The van der Waals surface area contributed by atoms with Gasteiger partial charge in [-0.05, 0) is 48.9 Å². The number of hydrogen-bond acceptors (Lipinski definition) is 4. The highest BCUT2D eigenvalue weighted by atomic mass is 32.2. The summed E-state index contributed by atoms with van der Waals surface area (Å²) in [6.45, 7) is 5.61. The summed E-state index contributed by atoms with van der Waals surface area (Å²) in [5.74, 6) is 0.182. The Morgan fingerprint density at radius 3 is 2.18 bits per heavy atom. The molecule has 0 aromatic heterocycles. The van der Waals surface area contributed by atoms with Gasteiger partial charge in [0.15, 0.2) is 0 Å². The molecular weight excluding hydrogens is 434 g/mol. The second-order valence-corrected chi connectivity index (χ2v) is 11.0. The predicted octanol–water partition coefficient (Wildman–Crippen LogP) is 3.53. The molecule has 2 fully saturated rings. The van der Waals surface area contributed by atoms with Gasteiger partial charge in [-0.25, -0.2) is 8.42 Å². The molecule has 4 rings (SSSR count). The maximum Gasteiger partial charge on any atom is 0.243 e. The molecule has 2 aliphatic heterocycles. The monoisotopic (exact) mass is 469 g/mol. The van der Waals surface area contributed by atoms with Crippen LogP contribution in [0.4, 0.5) is 0 Å². The number of rotatable bonds is 7. The van der Waals surface area contributed by atoms with Crippen LogP contribution in [-0.4, -0.2) is 67.7 Å². The highest BCUT2D eigenvalue weighted by Gasteiger charge is 2.25. The number of carbonyl (C=O) groups excluding carboxylic acids is 1. The minimum absolute atomic E-state index is 0.182. The number of piperidine rings is 1. The molecule has 0 unspecified atom stereocenters. The number of hydrogen-bond donors (Lipinski definition) is 0. The first-order chi connectivity index (χ1) is 16.0. The van der Waals surface area contributed by atoms with Crippen LogP contribution in [-0.2, 0) is 27.8 Å². The number of sulfonamides is 1. The summed E-state index contributed by atoms with van der Waals surface area (Å²) in [7, 11) is -3.41. The van der Waals surface area contributed by atoms with Gasteiger partial charge in [0.25, 0.3) is 0 Å². The number of carbonyl (C=O) groups is 1. The van der Waals surface area contributed by atoms with Gasteiger partial charge in [0, 0.05) is 52.2 Å². The van der Waals surface area contributed by atoms with Gasteiger partial charge in [-0.3, -0.25) is 9.69 Å². The number of aryl methyl sites for hydroxylation is 1. The maximum absolute atomic E-state index is 12.8. The fraction of sp³-hybridized carbons (Fsp3) is 0.500. The molecular formula is C26H35N3O3S. The Morgan fingerprint density at radius 1 is 0.727 bits per heavy atom. The van der Waals surface area contributed by atoms with E-state index in [1.807, 2.05) is 23.1 Å². The normalized spacial score (nSPS) is 18.7. The summed E-state index contributed by atoms with van der Waals surface area (Å²) < 4.78 is 27.2. The summed E-state index contributed by atoms with van der Waals surface area (Å²) >= 11 is 0. The second kappa shape index (κ2) is 11.3. The van der Waals surface area contributed by atoms with Crippen molar-refractivity contribution in [2.24, 2.45) is 0 Å². The van der Waals surface area contributed by atoms with E-state index < -0.39 is 10.0 Å². The summed E-state index contributed by atoms with van der Waals surface area (Å²) in [5.41, 5.74) is 2.31. The van der Waals surface area contributed by atoms with Crippen LogP contribution in [0.1, 0.15) is 43.2 Å². The molecule has 2 aromatic carbocycles. The maximum atomic E-state index is 12.8. The molecule has 33 heavy (non-hydrogen) atoms. The highest BCUT2D eigenvalue weighted by molar-refractivity contribution is 7.89. The number of nitrogens with zero attached hydrogens (tertiary/aromatic N) is 3. The third kappa shape index (κ3) is 6.43. The minimum atomic E-state index is -3.41. The van der Waals surface area contributed by atoms with Gasteiger partial charge in [0.1, 0.15) is 0 Å². The van der Waals surface area contributed by atoms with E-state index in [0.29, 0.717) is 30.8 Å². The van der Waals surface area contributed by atoms with E-state index in [0.717, 1.165) is 64.0 Å². The molecule has 0 aliphatic carbocycles. The lowest BCUT2D eigenvalue weighted by molar-refractivity contribution is -0.131. The Balaban J connectivity index is 1.26. The lowest BCUT2D eigenvalue weighted by Gasteiger charge is -2.25. The smallest absolute Gasteiger partial charge is 0.243 e. The van der Waals surface area contributed by atoms with Crippen molar-refractivity contribution < 1.29 is 13.2 Å². The Labute approximate surface area is 198 Å². The lowest BCUT2D eigenvalue weighted by Crippen LogP contribution is -2.35. The quantitative estimate of drug-likeness (QED) is 0.623. The molecule has 0 saturated carbocycles. The van der Waals surface area contributed by atoms with Gasteiger partial charge >= 0.3 is 0 Å². The first kappa shape index (κ1) is 23.9. The van der Waals surface area contributed by atoms with E-state index in [2.05, 4.69) is 29.2 Å². The molecule has 0 bridgehead atoms. The van der Waals surface area contributed by atoms with Gasteiger partial charge in [-0.15, -0.1) is 0 Å². The number of amides is 1. The largest absolute Gasteiger partial charge is 0.341 e. The van der Waals surface area contributed by atoms with Crippen molar-refractivity contribution in [2.75, 3.05) is 39.3 Å². The molecule has 2 aliphatic rings. The molecule has 178 valence electrons. The SMILES string of the molecule is O=C(CCc1ccc(S(=O)(=O)N2CCCCC2)cc1)N1CCCN(Cc2ccccc2)CC1. The van der Waals surface area contributed by atoms with E-state index >= 15 is 0 Å². The average Bonchev–Trinajstić information content (AvgIpc) is 3.09. The van der Waals surface area contributed by atoms with Crippen LogP contribution in [0, 0.1) is 0 Å². The van der Waals surface area contributed by atoms with Crippen molar-refractivity contribution in [2.45, 2.75) is 50.0 Å². The highest BCUT2D eigenvalue weighted by Crippen LogP contribution is 2.21. The third-order valence-electron chi connectivity index (χ3n) is 6.69. The fourth-order valence-electron chi connectivity index (χ4n) is 4.71. The molecule has 0 N–H and O–H groups in total. The minimum Gasteiger partial charge on any atom is -0.341 e. The standard InChI is InChI=1S/C26H35N3O3S/c30-26(28-17-7-16-27(20-21-28)22-24-8-3-1-4-9-24)15-12-23-10-13-25(14-11-23)33(31,32)29-18-5-2-6-19-29/h1,3-4,8-11,13-14H,2,5-7,12,15-22H2. The molecule has 0 spiro atoms. The molecule has 1 amide bonds. The van der Waals surface area contributed by atoms with E-state index in [-0.39, 0.29) is 5.91 Å². The zero-order valence-corrected chi connectivity index (χ0v) is 20.2. The van der Waals surface area contributed by atoms with E-state index in [1.54, 1.807) is 16.4 Å². The van der Waals surface area contributed by atoms with Crippen molar-refractivity contribution in [1.82, 2.24) is 14.1 Å². The Morgan fingerprint density at radius 2 is 1.45 bits per heavy atom. The molecule has 7 heteroatoms. The number of benzene rings is 2. The molecule has 2 saturated heterocycles. The van der Waals surface area contributed by atoms with Crippen molar-refractivity contribution in [3.05, 3.63) is 65.7 Å². The first-order valence-electron chi connectivity index (χ1n) is 12.2. The van der Waals surface area contributed by atoms with Crippen LogP contribution in [0.5, 0.6) is 0 Å². The molecule has 0 radical (unpaired) electrons. The lowest BCUT2D eigenvalue weighted by atomic mass is 10.1. The third-order valence-corrected chi connectivity index (χ3v) is 8.61. The average molecular weight is 470 g/mol. The van der Waals surface area contributed by atoms with Gasteiger partial charge in [0.05, 0.1) is 4.90 Å². The topological polar surface area (TPSA) is 60.9 Å². The van der Waals surface area contributed by atoms with Crippen LogP contribution in [0.15, 0.2) is 59.5 Å².